The third kappa shape index (κ3) is 4.04. The third-order valence-corrected chi connectivity index (χ3v) is 5.09. The molecule has 0 aliphatic heterocycles. The normalized spacial score (nSPS) is 31.1. The third-order valence-electron chi connectivity index (χ3n) is 4.16. The van der Waals surface area contributed by atoms with Gasteiger partial charge in [-0.2, -0.15) is 0 Å². The summed E-state index contributed by atoms with van der Waals surface area (Å²) in [4.78, 5) is 1.28. The quantitative estimate of drug-likeness (QED) is 0.870. The van der Waals surface area contributed by atoms with Gasteiger partial charge in [-0.15, -0.1) is 11.3 Å². The molecule has 4 atom stereocenters. The van der Waals surface area contributed by atoms with Crippen molar-refractivity contribution < 1.29 is 4.74 Å². The smallest absolute Gasteiger partial charge is 0.107 e. The highest BCUT2D eigenvalue weighted by Crippen LogP contribution is 2.35. The lowest BCUT2D eigenvalue weighted by atomic mass is 9.81. The van der Waals surface area contributed by atoms with Crippen molar-refractivity contribution in [2.75, 3.05) is 0 Å². The molecular weight excluding hydrogens is 254 g/mol. The van der Waals surface area contributed by atoms with Crippen molar-refractivity contribution in [2.24, 2.45) is 17.6 Å². The first-order valence-electron chi connectivity index (χ1n) is 7.54. The molecule has 1 heterocycles. The summed E-state index contributed by atoms with van der Waals surface area (Å²) < 4.78 is 6.41. The van der Waals surface area contributed by atoms with Gasteiger partial charge in [-0.1, -0.05) is 26.8 Å². The number of thiophene rings is 1. The van der Waals surface area contributed by atoms with E-state index in [4.69, 9.17) is 10.5 Å². The Balaban J connectivity index is 2.03. The average molecular weight is 281 g/mol. The number of hydrogen-bond acceptors (Lipinski definition) is 3. The Hall–Kier alpha value is -0.380. The fourth-order valence-electron chi connectivity index (χ4n) is 3.24. The summed E-state index contributed by atoms with van der Waals surface area (Å²) in [5.41, 5.74) is 6.28. The molecule has 3 heteroatoms. The Kier molecular flexibility index (Phi) is 5.43. The lowest BCUT2D eigenvalue weighted by Crippen LogP contribution is -2.35. The van der Waals surface area contributed by atoms with Crippen molar-refractivity contribution in [2.45, 2.75) is 64.7 Å². The van der Waals surface area contributed by atoms with Crippen LogP contribution in [0.2, 0.25) is 0 Å². The molecule has 0 radical (unpaired) electrons. The molecule has 1 aromatic rings. The first-order chi connectivity index (χ1) is 9.10. The highest BCUT2D eigenvalue weighted by molar-refractivity contribution is 7.10. The van der Waals surface area contributed by atoms with Crippen LogP contribution in [0.15, 0.2) is 17.5 Å². The van der Waals surface area contributed by atoms with Crippen LogP contribution < -0.4 is 5.73 Å². The van der Waals surface area contributed by atoms with Crippen LogP contribution in [0.5, 0.6) is 0 Å². The molecule has 1 aliphatic rings. The average Bonchev–Trinajstić information content (AvgIpc) is 2.87. The van der Waals surface area contributed by atoms with E-state index in [1.807, 2.05) is 0 Å². The second-order valence-corrected chi connectivity index (χ2v) is 7.16. The number of rotatable bonds is 5. The topological polar surface area (TPSA) is 35.2 Å². The summed E-state index contributed by atoms with van der Waals surface area (Å²) >= 11 is 1.76. The van der Waals surface area contributed by atoms with Gasteiger partial charge in [0.15, 0.2) is 0 Å². The van der Waals surface area contributed by atoms with Crippen molar-refractivity contribution in [3.05, 3.63) is 22.4 Å². The van der Waals surface area contributed by atoms with Crippen molar-refractivity contribution in [3.63, 3.8) is 0 Å². The highest BCUT2D eigenvalue weighted by atomic mass is 32.1. The molecule has 1 aromatic heterocycles. The molecule has 108 valence electrons. The molecule has 4 unspecified atom stereocenters. The molecule has 19 heavy (non-hydrogen) atoms. The van der Waals surface area contributed by atoms with Crippen LogP contribution in [-0.2, 0) is 4.74 Å². The van der Waals surface area contributed by atoms with Gasteiger partial charge in [0.1, 0.15) is 6.10 Å². The fourth-order valence-corrected chi connectivity index (χ4v) is 4.07. The second kappa shape index (κ2) is 6.87. The lowest BCUT2D eigenvalue weighted by Gasteiger charge is -2.35. The maximum atomic E-state index is 6.41. The van der Waals surface area contributed by atoms with Crippen molar-refractivity contribution >= 4 is 11.3 Å². The maximum absolute atomic E-state index is 6.41. The molecule has 0 bridgehead atoms. The molecule has 1 fully saturated rings. The van der Waals surface area contributed by atoms with Crippen LogP contribution in [0.4, 0.5) is 0 Å². The van der Waals surface area contributed by atoms with E-state index in [1.165, 1.54) is 24.1 Å². The maximum Gasteiger partial charge on any atom is 0.107 e. The van der Waals surface area contributed by atoms with Gasteiger partial charge >= 0.3 is 0 Å². The number of hydrogen-bond donors (Lipinski definition) is 1. The Labute approximate surface area is 121 Å². The van der Waals surface area contributed by atoms with E-state index in [0.29, 0.717) is 6.10 Å². The van der Waals surface area contributed by atoms with Gasteiger partial charge in [0, 0.05) is 10.9 Å². The van der Waals surface area contributed by atoms with Crippen molar-refractivity contribution in [3.8, 4) is 0 Å². The predicted molar refractivity (Wildman–Crippen MR) is 82.4 cm³/mol. The van der Waals surface area contributed by atoms with E-state index in [2.05, 4.69) is 38.3 Å². The van der Waals surface area contributed by atoms with Crippen LogP contribution in [0.3, 0.4) is 0 Å². The van der Waals surface area contributed by atoms with Gasteiger partial charge in [0.2, 0.25) is 0 Å². The predicted octanol–water partition coefficient (Wildman–Crippen LogP) is 4.37. The van der Waals surface area contributed by atoms with Gasteiger partial charge in [-0.3, -0.25) is 0 Å². The Morgan fingerprint density at radius 1 is 1.32 bits per heavy atom. The van der Waals surface area contributed by atoms with E-state index in [0.717, 1.165) is 18.3 Å². The summed E-state index contributed by atoms with van der Waals surface area (Å²) in [6.07, 6.45) is 5.12. The summed E-state index contributed by atoms with van der Waals surface area (Å²) in [5, 5.41) is 2.11. The second-order valence-electron chi connectivity index (χ2n) is 6.18. The molecule has 1 saturated carbocycles. The van der Waals surface area contributed by atoms with E-state index in [1.54, 1.807) is 11.3 Å². The summed E-state index contributed by atoms with van der Waals surface area (Å²) in [5.74, 6) is 1.55. The number of ether oxygens (including phenoxy) is 1. The van der Waals surface area contributed by atoms with E-state index >= 15 is 0 Å². The molecule has 0 spiro atoms. The van der Waals surface area contributed by atoms with Crippen LogP contribution in [-0.4, -0.2) is 12.1 Å². The zero-order valence-electron chi connectivity index (χ0n) is 12.3. The van der Waals surface area contributed by atoms with Gasteiger partial charge in [-0.05, 0) is 49.0 Å². The Bertz CT molecular complexity index is 355. The van der Waals surface area contributed by atoms with E-state index < -0.39 is 0 Å². The van der Waals surface area contributed by atoms with Gasteiger partial charge in [0.05, 0.1) is 6.10 Å². The van der Waals surface area contributed by atoms with Crippen LogP contribution in [0, 0.1) is 11.8 Å². The zero-order valence-corrected chi connectivity index (χ0v) is 13.2. The first kappa shape index (κ1) is 15.0. The molecule has 2 rings (SSSR count). The minimum absolute atomic E-state index is 0.0764. The summed E-state index contributed by atoms with van der Waals surface area (Å²) in [7, 11) is 0. The van der Waals surface area contributed by atoms with Gasteiger partial charge in [-0.25, -0.2) is 0 Å². The number of nitrogens with two attached hydrogens (primary N) is 1. The molecule has 2 nitrogen and oxygen atoms in total. The molecular formula is C16H27NOS. The minimum atomic E-state index is 0.0764. The Morgan fingerprint density at radius 3 is 2.53 bits per heavy atom. The standard InChI is InChI=1S/C16H27NOS/c1-4-14(17)16(15-6-5-7-19-15)18-13-9-11(2)8-12(3)10-13/h5-7,11-14,16H,4,8-10,17H2,1-3H3. The van der Waals surface area contributed by atoms with Gasteiger partial charge in [0.25, 0.3) is 0 Å². The first-order valence-corrected chi connectivity index (χ1v) is 8.42. The minimum Gasteiger partial charge on any atom is -0.368 e. The molecule has 0 saturated heterocycles. The summed E-state index contributed by atoms with van der Waals surface area (Å²) in [6.45, 7) is 6.82. The monoisotopic (exact) mass is 281 g/mol. The largest absolute Gasteiger partial charge is 0.368 e. The lowest BCUT2D eigenvalue weighted by molar-refractivity contribution is -0.0595. The van der Waals surface area contributed by atoms with Crippen molar-refractivity contribution in [1.29, 1.82) is 0 Å². The van der Waals surface area contributed by atoms with Crippen LogP contribution in [0.25, 0.3) is 0 Å². The summed E-state index contributed by atoms with van der Waals surface area (Å²) in [6, 6.07) is 4.34. The van der Waals surface area contributed by atoms with E-state index in [-0.39, 0.29) is 12.1 Å². The highest BCUT2D eigenvalue weighted by Gasteiger charge is 2.29. The van der Waals surface area contributed by atoms with Crippen LogP contribution in [0.1, 0.15) is 57.4 Å². The Morgan fingerprint density at radius 2 is 2.00 bits per heavy atom. The van der Waals surface area contributed by atoms with Crippen molar-refractivity contribution in [1.82, 2.24) is 0 Å². The molecule has 0 amide bonds. The zero-order chi connectivity index (χ0) is 13.8. The molecule has 0 aromatic carbocycles. The SMILES string of the molecule is CCC(N)C(OC1CC(C)CC(C)C1)c1cccs1. The van der Waals surface area contributed by atoms with Gasteiger partial charge < -0.3 is 10.5 Å². The molecule has 1 aliphatic carbocycles. The fraction of sp³-hybridized carbons (Fsp3) is 0.750. The van der Waals surface area contributed by atoms with E-state index in [9.17, 15) is 0 Å². The molecule has 2 N–H and O–H groups in total. The van der Waals surface area contributed by atoms with Crippen LogP contribution >= 0.6 is 11.3 Å².